The normalized spacial score (nSPS) is 11.3. The number of aryl methyl sites for hydroxylation is 1. The minimum absolute atomic E-state index is 0.173. The molecule has 0 aliphatic rings. The van der Waals surface area contributed by atoms with Crippen molar-refractivity contribution in [2.45, 2.75) is 32.6 Å². The first-order valence-electron chi connectivity index (χ1n) is 9.26. The van der Waals surface area contributed by atoms with E-state index in [1.54, 1.807) is 13.0 Å². The van der Waals surface area contributed by atoms with Gasteiger partial charge in [-0.25, -0.2) is 4.98 Å². The number of hydrogen-bond acceptors (Lipinski definition) is 4. The van der Waals surface area contributed by atoms with E-state index in [4.69, 9.17) is 4.74 Å². The van der Waals surface area contributed by atoms with Gasteiger partial charge >= 0.3 is 5.97 Å². The highest BCUT2D eigenvalue weighted by Crippen LogP contribution is 2.28. The van der Waals surface area contributed by atoms with Crippen LogP contribution < -0.4 is 0 Å². The summed E-state index contributed by atoms with van der Waals surface area (Å²) >= 11 is 0. The van der Waals surface area contributed by atoms with E-state index >= 15 is 0 Å². The Morgan fingerprint density at radius 3 is 2.74 bits per heavy atom. The summed E-state index contributed by atoms with van der Waals surface area (Å²) in [5.74, 6) is 0.809. The fourth-order valence-corrected chi connectivity index (χ4v) is 3.01. The van der Waals surface area contributed by atoms with Crippen molar-refractivity contribution in [2.24, 2.45) is 0 Å². The SMILES string of the molecule is CCOC(=O)CCCCc1c(O)ccc2[nH]c(/C=C/c3ccccc3)nc12. The number of fused-ring (bicyclic) bond motifs is 1. The number of benzene rings is 2. The second-order valence-electron chi connectivity index (χ2n) is 6.34. The van der Waals surface area contributed by atoms with Gasteiger partial charge in [-0.2, -0.15) is 0 Å². The molecule has 27 heavy (non-hydrogen) atoms. The minimum atomic E-state index is -0.173. The van der Waals surface area contributed by atoms with Gasteiger partial charge in [-0.15, -0.1) is 0 Å². The Kier molecular flexibility index (Phi) is 6.26. The number of carbonyl (C=O) groups excluding carboxylic acids is 1. The number of aromatic hydroxyl groups is 1. The second-order valence-corrected chi connectivity index (χ2v) is 6.34. The Morgan fingerprint density at radius 2 is 1.96 bits per heavy atom. The van der Waals surface area contributed by atoms with Crippen LogP contribution in [-0.2, 0) is 16.0 Å². The van der Waals surface area contributed by atoms with Gasteiger partial charge in [0.25, 0.3) is 0 Å². The van der Waals surface area contributed by atoms with Gasteiger partial charge in [0.2, 0.25) is 0 Å². The van der Waals surface area contributed by atoms with E-state index in [9.17, 15) is 9.90 Å². The van der Waals surface area contributed by atoms with Crippen LogP contribution in [0.25, 0.3) is 23.2 Å². The second kappa shape index (κ2) is 9.03. The topological polar surface area (TPSA) is 75.2 Å². The van der Waals surface area contributed by atoms with Crippen molar-refractivity contribution in [1.82, 2.24) is 9.97 Å². The average Bonchev–Trinajstić information content (AvgIpc) is 3.09. The molecule has 3 rings (SSSR count). The lowest BCUT2D eigenvalue weighted by Gasteiger charge is -2.05. The Morgan fingerprint density at radius 1 is 1.15 bits per heavy atom. The molecule has 0 bridgehead atoms. The molecule has 0 saturated carbocycles. The quantitative estimate of drug-likeness (QED) is 0.448. The molecule has 0 saturated heterocycles. The van der Waals surface area contributed by atoms with Crippen LogP contribution in [0.5, 0.6) is 5.75 Å². The van der Waals surface area contributed by atoms with Gasteiger partial charge in [-0.3, -0.25) is 4.79 Å². The predicted octanol–water partition coefficient (Wildman–Crippen LogP) is 4.71. The Balaban J connectivity index is 1.71. The number of aromatic nitrogens is 2. The molecule has 5 nitrogen and oxygen atoms in total. The summed E-state index contributed by atoms with van der Waals surface area (Å²) in [6.45, 7) is 2.21. The maximum Gasteiger partial charge on any atom is 0.305 e. The number of carbonyl (C=O) groups is 1. The van der Waals surface area contributed by atoms with Crippen molar-refractivity contribution in [3.8, 4) is 5.75 Å². The van der Waals surface area contributed by atoms with Crippen molar-refractivity contribution in [2.75, 3.05) is 6.61 Å². The third-order valence-corrected chi connectivity index (χ3v) is 4.35. The van der Waals surface area contributed by atoms with Crippen LogP contribution >= 0.6 is 0 Å². The molecule has 5 heteroatoms. The number of nitrogens with one attached hydrogen (secondary N) is 1. The zero-order chi connectivity index (χ0) is 19.1. The number of hydrogen-bond donors (Lipinski definition) is 2. The summed E-state index contributed by atoms with van der Waals surface area (Å²) in [4.78, 5) is 19.3. The summed E-state index contributed by atoms with van der Waals surface area (Å²) in [6.07, 6.45) is 6.49. The monoisotopic (exact) mass is 364 g/mol. The molecular formula is C22H24N2O3. The summed E-state index contributed by atoms with van der Waals surface area (Å²) in [7, 11) is 0. The number of aromatic amines is 1. The largest absolute Gasteiger partial charge is 0.508 e. The van der Waals surface area contributed by atoms with Gasteiger partial charge in [0.1, 0.15) is 11.6 Å². The van der Waals surface area contributed by atoms with Gasteiger partial charge in [0, 0.05) is 12.0 Å². The van der Waals surface area contributed by atoms with Crippen LogP contribution in [0.2, 0.25) is 0 Å². The van der Waals surface area contributed by atoms with E-state index in [2.05, 4.69) is 9.97 Å². The smallest absolute Gasteiger partial charge is 0.305 e. The number of imidazole rings is 1. The molecule has 0 aliphatic heterocycles. The van der Waals surface area contributed by atoms with Crippen LogP contribution in [0.3, 0.4) is 0 Å². The maximum atomic E-state index is 11.4. The van der Waals surface area contributed by atoms with Gasteiger partial charge in [-0.05, 0) is 50.0 Å². The van der Waals surface area contributed by atoms with Gasteiger partial charge in [0.05, 0.1) is 17.6 Å². The van der Waals surface area contributed by atoms with Crippen molar-refractivity contribution in [1.29, 1.82) is 0 Å². The van der Waals surface area contributed by atoms with Crippen LogP contribution in [0, 0.1) is 0 Å². The molecule has 0 spiro atoms. The fraction of sp³-hybridized carbons (Fsp3) is 0.273. The van der Waals surface area contributed by atoms with Crippen LogP contribution in [0.4, 0.5) is 0 Å². The summed E-state index contributed by atoms with van der Waals surface area (Å²) in [6, 6.07) is 13.5. The van der Waals surface area contributed by atoms with Crippen molar-refractivity contribution >= 4 is 29.2 Å². The fourth-order valence-electron chi connectivity index (χ4n) is 3.01. The molecule has 2 aromatic carbocycles. The van der Waals surface area contributed by atoms with E-state index in [0.717, 1.165) is 40.8 Å². The maximum absolute atomic E-state index is 11.4. The first-order chi connectivity index (χ1) is 13.2. The molecule has 0 aliphatic carbocycles. The summed E-state index contributed by atoms with van der Waals surface area (Å²) in [5, 5.41) is 10.3. The number of H-pyrrole nitrogens is 1. The first-order valence-corrected chi connectivity index (χ1v) is 9.26. The molecule has 0 atom stereocenters. The van der Waals surface area contributed by atoms with E-state index in [1.165, 1.54) is 0 Å². The number of nitrogens with zero attached hydrogens (tertiary/aromatic N) is 1. The summed E-state index contributed by atoms with van der Waals surface area (Å²) in [5.41, 5.74) is 3.58. The molecule has 0 fully saturated rings. The highest BCUT2D eigenvalue weighted by molar-refractivity contribution is 5.83. The molecule has 2 N–H and O–H groups in total. The number of phenols is 1. The lowest BCUT2D eigenvalue weighted by molar-refractivity contribution is -0.143. The molecule has 140 valence electrons. The van der Waals surface area contributed by atoms with E-state index in [0.29, 0.717) is 19.4 Å². The van der Waals surface area contributed by atoms with Gasteiger partial charge in [-0.1, -0.05) is 36.4 Å². The number of phenolic OH excluding ortho intramolecular Hbond substituents is 1. The third-order valence-electron chi connectivity index (χ3n) is 4.35. The highest BCUT2D eigenvalue weighted by Gasteiger charge is 2.11. The number of esters is 1. The van der Waals surface area contributed by atoms with E-state index < -0.39 is 0 Å². The predicted molar refractivity (Wildman–Crippen MR) is 107 cm³/mol. The van der Waals surface area contributed by atoms with Crippen LogP contribution in [0.15, 0.2) is 42.5 Å². The minimum Gasteiger partial charge on any atom is -0.508 e. The zero-order valence-electron chi connectivity index (χ0n) is 15.4. The van der Waals surface area contributed by atoms with Crippen LogP contribution in [0.1, 0.15) is 43.1 Å². The summed E-state index contributed by atoms with van der Waals surface area (Å²) < 4.78 is 4.94. The Bertz CT molecular complexity index is 929. The molecular weight excluding hydrogens is 340 g/mol. The molecule has 1 aromatic heterocycles. The van der Waals surface area contributed by atoms with E-state index in [1.807, 2.05) is 48.6 Å². The lowest BCUT2D eigenvalue weighted by atomic mass is 10.0. The molecule has 1 heterocycles. The first kappa shape index (κ1) is 18.7. The third kappa shape index (κ3) is 4.97. The standard InChI is InChI=1S/C22H24N2O3/c1-2-27-21(26)11-7-6-10-17-19(25)14-13-18-22(17)24-20(23-18)15-12-16-8-4-3-5-9-16/h3-5,8-9,12-15,25H,2,6-7,10-11H2,1H3,(H,23,24)/b15-12+. The number of unbranched alkanes of at least 4 members (excludes halogenated alkanes) is 1. The van der Waals surface area contributed by atoms with Gasteiger partial charge in [0.15, 0.2) is 0 Å². The average molecular weight is 364 g/mol. The van der Waals surface area contributed by atoms with Crippen molar-refractivity contribution < 1.29 is 14.6 Å². The number of rotatable bonds is 8. The van der Waals surface area contributed by atoms with E-state index in [-0.39, 0.29) is 11.7 Å². The molecule has 0 radical (unpaired) electrons. The lowest BCUT2D eigenvalue weighted by Crippen LogP contribution is -2.03. The molecule has 0 amide bonds. The Hall–Kier alpha value is -3.08. The molecule has 3 aromatic rings. The van der Waals surface area contributed by atoms with Crippen molar-refractivity contribution in [3.05, 3.63) is 59.4 Å². The number of ether oxygens (including phenoxy) is 1. The Labute approximate surface area is 158 Å². The van der Waals surface area contributed by atoms with Crippen molar-refractivity contribution in [3.63, 3.8) is 0 Å². The van der Waals surface area contributed by atoms with Crippen LogP contribution in [-0.4, -0.2) is 27.7 Å². The highest BCUT2D eigenvalue weighted by atomic mass is 16.5. The zero-order valence-corrected chi connectivity index (χ0v) is 15.4. The van der Waals surface area contributed by atoms with Gasteiger partial charge < -0.3 is 14.8 Å². The molecule has 0 unspecified atom stereocenters.